The molecule has 0 fully saturated rings. The smallest absolute Gasteiger partial charge is 0.339 e. The van der Waals surface area contributed by atoms with Crippen molar-refractivity contribution >= 4 is 18.4 Å². The summed E-state index contributed by atoms with van der Waals surface area (Å²) >= 11 is 0. The van der Waals surface area contributed by atoms with Crippen LogP contribution in [0.25, 0.3) is 0 Å². The molecule has 4 N–H and O–H groups in total. The molecule has 1 atom stereocenters. The number of allylic oxidation sites excluding steroid dienone is 1. The summed E-state index contributed by atoms with van der Waals surface area (Å²) in [6, 6.07) is 1.19. The molecule has 0 saturated carbocycles. The number of rotatable bonds is 5. The van der Waals surface area contributed by atoms with Crippen LogP contribution in [0, 0.1) is 5.82 Å². The summed E-state index contributed by atoms with van der Waals surface area (Å²) < 4.78 is 13.2. The highest BCUT2D eigenvalue weighted by Crippen LogP contribution is 2.30. The van der Waals surface area contributed by atoms with Gasteiger partial charge in [0.05, 0.1) is 0 Å². The maximum absolute atomic E-state index is 13.2. The minimum atomic E-state index is -1.39. The standard InChI is InChI=1S/C12H14FNO3.ClH/c1-2-3-4-10(14)8-5-7(13)6-9(11(8)15)12(16)17;/h2,5-6,10,15H,1,3-4,14H2,(H,16,17);1H/t10-;/m0./s1. The lowest BCUT2D eigenvalue weighted by Gasteiger charge is -2.14. The number of halogens is 2. The fourth-order valence-electron chi connectivity index (χ4n) is 1.52. The molecule has 1 aromatic rings. The van der Waals surface area contributed by atoms with Crippen LogP contribution < -0.4 is 5.73 Å². The van der Waals surface area contributed by atoms with E-state index in [1.54, 1.807) is 6.08 Å². The molecular formula is C12H15ClFNO3. The lowest BCUT2D eigenvalue weighted by molar-refractivity contribution is 0.0693. The maximum Gasteiger partial charge on any atom is 0.339 e. The van der Waals surface area contributed by atoms with Gasteiger partial charge in [-0.1, -0.05) is 6.08 Å². The lowest BCUT2D eigenvalue weighted by atomic mass is 9.99. The summed E-state index contributed by atoms with van der Waals surface area (Å²) in [4.78, 5) is 10.8. The monoisotopic (exact) mass is 275 g/mol. The highest BCUT2D eigenvalue weighted by Gasteiger charge is 2.19. The van der Waals surface area contributed by atoms with Gasteiger partial charge >= 0.3 is 5.97 Å². The first-order valence-corrected chi connectivity index (χ1v) is 5.09. The normalized spacial score (nSPS) is 11.4. The molecule has 0 bridgehead atoms. The second-order valence-corrected chi connectivity index (χ2v) is 3.67. The quantitative estimate of drug-likeness (QED) is 0.721. The molecule has 18 heavy (non-hydrogen) atoms. The van der Waals surface area contributed by atoms with Gasteiger partial charge in [0.1, 0.15) is 17.1 Å². The second kappa shape index (κ2) is 6.98. The Morgan fingerprint density at radius 2 is 2.17 bits per heavy atom. The SMILES string of the molecule is C=CCC[C@H](N)c1cc(F)cc(C(=O)O)c1O.Cl. The Balaban J connectivity index is 0.00000289. The largest absolute Gasteiger partial charge is 0.507 e. The van der Waals surface area contributed by atoms with Gasteiger partial charge in [-0.25, -0.2) is 9.18 Å². The van der Waals surface area contributed by atoms with E-state index in [0.717, 1.165) is 12.1 Å². The molecule has 0 aliphatic rings. The Hall–Kier alpha value is -1.59. The van der Waals surface area contributed by atoms with E-state index in [0.29, 0.717) is 12.8 Å². The lowest BCUT2D eigenvalue weighted by Crippen LogP contribution is -2.12. The number of carbonyl (C=O) groups is 1. The Labute approximate surface area is 110 Å². The molecule has 0 aliphatic heterocycles. The van der Waals surface area contributed by atoms with Gasteiger partial charge in [0, 0.05) is 11.6 Å². The molecule has 0 radical (unpaired) electrons. The van der Waals surface area contributed by atoms with Crippen LogP contribution in [-0.2, 0) is 0 Å². The first-order chi connectivity index (χ1) is 7.97. The van der Waals surface area contributed by atoms with E-state index in [2.05, 4.69) is 6.58 Å². The van der Waals surface area contributed by atoms with Crippen LogP contribution in [-0.4, -0.2) is 16.2 Å². The van der Waals surface area contributed by atoms with Crippen molar-refractivity contribution in [1.29, 1.82) is 0 Å². The summed E-state index contributed by atoms with van der Waals surface area (Å²) in [6.45, 7) is 3.53. The fourth-order valence-corrected chi connectivity index (χ4v) is 1.52. The molecule has 0 saturated heterocycles. The number of hydrogen-bond acceptors (Lipinski definition) is 3. The molecule has 0 unspecified atom stereocenters. The van der Waals surface area contributed by atoms with Crippen molar-refractivity contribution in [3.05, 3.63) is 41.7 Å². The number of aromatic hydroxyl groups is 1. The topological polar surface area (TPSA) is 83.6 Å². The van der Waals surface area contributed by atoms with E-state index in [1.807, 2.05) is 0 Å². The molecule has 0 spiro atoms. The Morgan fingerprint density at radius 3 is 2.67 bits per heavy atom. The van der Waals surface area contributed by atoms with Gasteiger partial charge in [0.2, 0.25) is 0 Å². The molecule has 6 heteroatoms. The highest BCUT2D eigenvalue weighted by atomic mass is 35.5. The number of carboxylic acids is 1. The number of benzene rings is 1. The highest BCUT2D eigenvalue weighted by molar-refractivity contribution is 5.91. The van der Waals surface area contributed by atoms with Gasteiger partial charge in [-0.15, -0.1) is 19.0 Å². The third kappa shape index (κ3) is 3.72. The average Bonchev–Trinajstić information content (AvgIpc) is 2.28. The number of carboxylic acid groups (broad SMARTS) is 1. The van der Waals surface area contributed by atoms with Crippen LogP contribution >= 0.6 is 12.4 Å². The Morgan fingerprint density at radius 1 is 1.56 bits per heavy atom. The van der Waals surface area contributed by atoms with E-state index in [1.165, 1.54) is 0 Å². The zero-order valence-corrected chi connectivity index (χ0v) is 10.4. The maximum atomic E-state index is 13.2. The van der Waals surface area contributed by atoms with E-state index >= 15 is 0 Å². The van der Waals surface area contributed by atoms with E-state index in [-0.39, 0.29) is 18.0 Å². The molecule has 0 aromatic heterocycles. The average molecular weight is 276 g/mol. The van der Waals surface area contributed by atoms with Crippen LogP contribution in [0.15, 0.2) is 24.8 Å². The summed E-state index contributed by atoms with van der Waals surface area (Å²) in [5.74, 6) is -2.60. The number of nitrogens with two attached hydrogens (primary N) is 1. The minimum Gasteiger partial charge on any atom is -0.507 e. The third-order valence-corrected chi connectivity index (χ3v) is 2.42. The molecule has 0 heterocycles. The van der Waals surface area contributed by atoms with Gasteiger partial charge in [0.15, 0.2) is 0 Å². The molecular weight excluding hydrogens is 261 g/mol. The predicted molar refractivity (Wildman–Crippen MR) is 68.6 cm³/mol. The van der Waals surface area contributed by atoms with Crippen molar-refractivity contribution in [1.82, 2.24) is 0 Å². The summed E-state index contributed by atoms with van der Waals surface area (Å²) in [6.07, 6.45) is 2.70. The Bertz CT molecular complexity index is 451. The summed E-state index contributed by atoms with van der Waals surface area (Å²) in [7, 11) is 0. The molecule has 0 amide bonds. The van der Waals surface area contributed by atoms with Crippen LogP contribution in [0.5, 0.6) is 5.75 Å². The molecule has 4 nitrogen and oxygen atoms in total. The van der Waals surface area contributed by atoms with Crippen LogP contribution in [0.4, 0.5) is 4.39 Å². The van der Waals surface area contributed by atoms with Crippen molar-refractivity contribution in [2.24, 2.45) is 5.73 Å². The summed E-state index contributed by atoms with van der Waals surface area (Å²) in [5, 5.41) is 18.5. The van der Waals surface area contributed by atoms with Crippen LogP contribution in [0.1, 0.15) is 34.8 Å². The second-order valence-electron chi connectivity index (χ2n) is 3.67. The van der Waals surface area contributed by atoms with Crippen molar-refractivity contribution < 1.29 is 19.4 Å². The van der Waals surface area contributed by atoms with Crippen molar-refractivity contribution in [2.45, 2.75) is 18.9 Å². The first kappa shape index (κ1) is 16.4. The van der Waals surface area contributed by atoms with Crippen molar-refractivity contribution in [3.63, 3.8) is 0 Å². The van der Waals surface area contributed by atoms with Gasteiger partial charge in [-0.3, -0.25) is 0 Å². The zero-order valence-electron chi connectivity index (χ0n) is 9.60. The van der Waals surface area contributed by atoms with Gasteiger partial charge < -0.3 is 15.9 Å². The van der Waals surface area contributed by atoms with E-state index in [9.17, 15) is 14.3 Å². The van der Waals surface area contributed by atoms with Crippen molar-refractivity contribution in [2.75, 3.05) is 0 Å². The molecule has 100 valence electrons. The van der Waals surface area contributed by atoms with Gasteiger partial charge in [-0.05, 0) is 25.0 Å². The molecule has 1 rings (SSSR count). The van der Waals surface area contributed by atoms with Crippen molar-refractivity contribution in [3.8, 4) is 5.75 Å². The first-order valence-electron chi connectivity index (χ1n) is 5.09. The van der Waals surface area contributed by atoms with Crippen LogP contribution in [0.2, 0.25) is 0 Å². The predicted octanol–water partition coefficient (Wildman–Crippen LogP) is 2.62. The number of hydrogen-bond donors (Lipinski definition) is 3. The third-order valence-electron chi connectivity index (χ3n) is 2.42. The zero-order chi connectivity index (χ0) is 13.0. The van der Waals surface area contributed by atoms with E-state index in [4.69, 9.17) is 10.8 Å². The van der Waals surface area contributed by atoms with Gasteiger partial charge in [0.25, 0.3) is 0 Å². The van der Waals surface area contributed by atoms with Gasteiger partial charge in [-0.2, -0.15) is 0 Å². The number of aromatic carboxylic acids is 1. The van der Waals surface area contributed by atoms with Crippen LogP contribution in [0.3, 0.4) is 0 Å². The minimum absolute atomic E-state index is 0. The van der Waals surface area contributed by atoms with E-state index < -0.39 is 29.1 Å². The number of phenols is 1. The molecule has 0 aliphatic carbocycles. The summed E-state index contributed by atoms with van der Waals surface area (Å²) in [5.41, 5.74) is 5.38. The molecule has 1 aromatic carbocycles. The fraction of sp³-hybridized carbons (Fsp3) is 0.250. The Kier molecular flexibility index (Phi) is 6.36.